The maximum absolute atomic E-state index is 13.0. The standard InChI is InChI=1S/C24H24N2O3S/c1-25(2)18-11-9-17(10-12-18)21-14-20-23(30-21)19(24(28)29-3)13-22(27)26(20)15-16-7-5-4-6-8-16/h4-12,14,19H,13,15H2,1-3H3. The Morgan fingerprint density at radius 2 is 1.83 bits per heavy atom. The molecule has 1 aromatic heterocycles. The molecule has 0 aliphatic carbocycles. The lowest BCUT2D eigenvalue weighted by atomic mass is 9.96. The number of amides is 1. The maximum Gasteiger partial charge on any atom is 0.314 e. The lowest BCUT2D eigenvalue weighted by Crippen LogP contribution is -2.37. The molecular formula is C24H24N2O3S. The van der Waals surface area contributed by atoms with Gasteiger partial charge in [0.15, 0.2) is 0 Å². The molecule has 0 bridgehead atoms. The molecule has 2 heterocycles. The highest BCUT2D eigenvalue weighted by molar-refractivity contribution is 7.16. The van der Waals surface area contributed by atoms with Crippen LogP contribution in [0.5, 0.6) is 0 Å². The second kappa shape index (κ2) is 8.32. The number of hydrogen-bond donors (Lipinski definition) is 0. The van der Waals surface area contributed by atoms with Gasteiger partial charge < -0.3 is 14.5 Å². The molecule has 1 unspecified atom stereocenters. The molecule has 0 saturated heterocycles. The minimum Gasteiger partial charge on any atom is -0.469 e. The summed E-state index contributed by atoms with van der Waals surface area (Å²) in [7, 11) is 5.39. The molecule has 0 N–H and O–H groups in total. The molecule has 30 heavy (non-hydrogen) atoms. The summed E-state index contributed by atoms with van der Waals surface area (Å²) in [4.78, 5) is 31.2. The van der Waals surface area contributed by atoms with E-state index < -0.39 is 5.92 Å². The Hall–Kier alpha value is -3.12. The minimum atomic E-state index is -0.552. The van der Waals surface area contributed by atoms with Crippen LogP contribution in [0.4, 0.5) is 11.4 Å². The number of benzene rings is 2. The molecule has 2 aromatic carbocycles. The molecule has 4 rings (SSSR count). The van der Waals surface area contributed by atoms with Gasteiger partial charge in [0, 0.05) is 36.0 Å². The van der Waals surface area contributed by atoms with E-state index in [9.17, 15) is 9.59 Å². The van der Waals surface area contributed by atoms with Gasteiger partial charge in [-0.15, -0.1) is 11.3 Å². The Labute approximate surface area is 180 Å². The van der Waals surface area contributed by atoms with Crippen LogP contribution < -0.4 is 9.80 Å². The van der Waals surface area contributed by atoms with Crippen molar-refractivity contribution in [3.63, 3.8) is 0 Å². The van der Waals surface area contributed by atoms with E-state index in [1.807, 2.05) is 50.5 Å². The summed E-state index contributed by atoms with van der Waals surface area (Å²) in [6.07, 6.45) is 0.131. The van der Waals surface area contributed by atoms with Gasteiger partial charge in [0.25, 0.3) is 0 Å². The molecule has 3 aromatic rings. The van der Waals surface area contributed by atoms with E-state index >= 15 is 0 Å². The Bertz CT molecular complexity index is 1060. The van der Waals surface area contributed by atoms with Gasteiger partial charge in [-0.2, -0.15) is 0 Å². The van der Waals surface area contributed by atoms with Crippen LogP contribution in [0.2, 0.25) is 0 Å². The number of fused-ring (bicyclic) bond motifs is 1. The third-order valence-corrected chi connectivity index (χ3v) is 6.65. The van der Waals surface area contributed by atoms with Gasteiger partial charge in [-0.05, 0) is 29.3 Å². The molecule has 1 aliphatic rings. The van der Waals surface area contributed by atoms with Crippen LogP contribution in [-0.4, -0.2) is 33.1 Å². The number of nitrogens with zero attached hydrogens (tertiary/aromatic N) is 2. The van der Waals surface area contributed by atoms with Gasteiger partial charge in [-0.1, -0.05) is 42.5 Å². The van der Waals surface area contributed by atoms with Gasteiger partial charge >= 0.3 is 5.97 Å². The van der Waals surface area contributed by atoms with Crippen molar-refractivity contribution < 1.29 is 14.3 Å². The zero-order chi connectivity index (χ0) is 21.3. The Morgan fingerprint density at radius 1 is 1.13 bits per heavy atom. The molecule has 154 valence electrons. The number of rotatable bonds is 5. The summed E-state index contributed by atoms with van der Waals surface area (Å²) in [5, 5.41) is 0. The number of ether oxygens (including phenoxy) is 1. The fourth-order valence-corrected chi connectivity index (χ4v) is 4.96. The normalized spacial score (nSPS) is 15.6. The minimum absolute atomic E-state index is 0.0611. The van der Waals surface area contributed by atoms with Gasteiger partial charge in [-0.25, -0.2) is 0 Å². The first kappa shape index (κ1) is 20.2. The van der Waals surface area contributed by atoms with Crippen molar-refractivity contribution in [2.45, 2.75) is 18.9 Å². The van der Waals surface area contributed by atoms with Crippen molar-refractivity contribution in [2.24, 2.45) is 0 Å². The number of hydrogen-bond acceptors (Lipinski definition) is 5. The van der Waals surface area contributed by atoms with E-state index in [0.717, 1.165) is 32.3 Å². The van der Waals surface area contributed by atoms with E-state index in [2.05, 4.69) is 29.2 Å². The SMILES string of the molecule is COC(=O)C1CC(=O)N(Cc2ccccc2)c2cc(-c3ccc(N(C)C)cc3)sc21. The molecule has 6 heteroatoms. The van der Waals surface area contributed by atoms with Crippen LogP contribution in [0.1, 0.15) is 22.8 Å². The van der Waals surface area contributed by atoms with E-state index in [1.165, 1.54) is 7.11 Å². The highest BCUT2D eigenvalue weighted by Gasteiger charge is 2.38. The Kier molecular flexibility index (Phi) is 5.59. The number of carbonyl (C=O) groups excluding carboxylic acids is 2. The third-order valence-electron chi connectivity index (χ3n) is 5.36. The highest BCUT2D eigenvalue weighted by Crippen LogP contribution is 2.46. The molecular weight excluding hydrogens is 396 g/mol. The van der Waals surface area contributed by atoms with E-state index in [1.54, 1.807) is 16.2 Å². The summed E-state index contributed by atoms with van der Waals surface area (Å²) in [6, 6.07) is 20.2. The second-order valence-corrected chi connectivity index (χ2v) is 8.63. The quantitative estimate of drug-likeness (QED) is 0.563. The van der Waals surface area contributed by atoms with Crippen molar-refractivity contribution in [2.75, 3.05) is 31.0 Å². The average molecular weight is 421 g/mol. The Morgan fingerprint density at radius 3 is 2.47 bits per heavy atom. The van der Waals surface area contributed by atoms with Gasteiger partial charge in [0.1, 0.15) is 5.92 Å². The van der Waals surface area contributed by atoms with Crippen molar-refractivity contribution in [3.05, 3.63) is 71.1 Å². The van der Waals surface area contributed by atoms with Crippen LogP contribution in [-0.2, 0) is 20.9 Å². The summed E-state index contributed by atoms with van der Waals surface area (Å²) < 4.78 is 5.00. The van der Waals surface area contributed by atoms with Gasteiger partial charge in [0.05, 0.1) is 19.3 Å². The van der Waals surface area contributed by atoms with Crippen molar-refractivity contribution in [1.29, 1.82) is 0 Å². The maximum atomic E-state index is 13.0. The first-order valence-corrected chi connectivity index (χ1v) is 10.6. The fourth-order valence-electron chi connectivity index (χ4n) is 3.71. The van der Waals surface area contributed by atoms with Crippen molar-refractivity contribution >= 4 is 34.6 Å². The summed E-state index contributed by atoms with van der Waals surface area (Å²) in [5.41, 5.74) is 4.04. The van der Waals surface area contributed by atoms with Crippen LogP contribution in [0.3, 0.4) is 0 Å². The zero-order valence-corrected chi connectivity index (χ0v) is 18.1. The molecule has 1 aliphatic heterocycles. The first-order chi connectivity index (χ1) is 14.5. The number of anilines is 2. The van der Waals surface area contributed by atoms with Crippen LogP contribution in [0.25, 0.3) is 10.4 Å². The number of esters is 1. The molecule has 5 nitrogen and oxygen atoms in total. The number of methoxy groups -OCH3 is 1. The molecule has 0 saturated carbocycles. The van der Waals surface area contributed by atoms with Crippen molar-refractivity contribution in [1.82, 2.24) is 0 Å². The van der Waals surface area contributed by atoms with E-state index in [4.69, 9.17) is 4.74 Å². The highest BCUT2D eigenvalue weighted by atomic mass is 32.1. The van der Waals surface area contributed by atoms with Crippen LogP contribution in [0.15, 0.2) is 60.7 Å². The van der Waals surface area contributed by atoms with Gasteiger partial charge in [0.2, 0.25) is 5.91 Å². The molecule has 0 radical (unpaired) electrons. The second-order valence-electron chi connectivity index (χ2n) is 7.55. The summed E-state index contributed by atoms with van der Waals surface area (Å²) in [5.74, 6) is -0.973. The molecule has 1 atom stereocenters. The Balaban J connectivity index is 1.75. The molecule has 1 amide bonds. The summed E-state index contributed by atoms with van der Waals surface area (Å²) >= 11 is 1.56. The van der Waals surface area contributed by atoms with E-state index in [0.29, 0.717) is 6.54 Å². The lowest BCUT2D eigenvalue weighted by Gasteiger charge is -2.30. The zero-order valence-electron chi connectivity index (χ0n) is 17.3. The molecule has 0 fully saturated rings. The van der Waals surface area contributed by atoms with Crippen LogP contribution >= 0.6 is 11.3 Å². The number of thiophene rings is 1. The van der Waals surface area contributed by atoms with Crippen molar-refractivity contribution in [3.8, 4) is 10.4 Å². The van der Waals surface area contributed by atoms with Gasteiger partial charge in [-0.3, -0.25) is 9.59 Å². The topological polar surface area (TPSA) is 49.9 Å². The lowest BCUT2D eigenvalue weighted by molar-refractivity contribution is -0.144. The first-order valence-electron chi connectivity index (χ1n) is 9.81. The fraction of sp³-hybridized carbons (Fsp3) is 0.250. The van der Waals surface area contributed by atoms with E-state index in [-0.39, 0.29) is 18.3 Å². The predicted molar refractivity (Wildman–Crippen MR) is 121 cm³/mol. The average Bonchev–Trinajstić information content (AvgIpc) is 3.21. The van der Waals surface area contributed by atoms with Crippen LogP contribution in [0, 0.1) is 0 Å². The third kappa shape index (κ3) is 3.83. The number of carbonyl (C=O) groups is 2. The smallest absolute Gasteiger partial charge is 0.314 e. The summed E-state index contributed by atoms with van der Waals surface area (Å²) in [6.45, 7) is 0.482. The monoisotopic (exact) mass is 420 g/mol. The molecule has 0 spiro atoms. The largest absolute Gasteiger partial charge is 0.469 e. The predicted octanol–water partition coefficient (Wildman–Crippen LogP) is 4.67.